The quantitative estimate of drug-likeness (QED) is 0.610. The van der Waals surface area contributed by atoms with Crippen LogP contribution in [0.3, 0.4) is 0 Å². The number of hydrogen-bond donors (Lipinski definition) is 1. The molecule has 4 atom stereocenters. The lowest BCUT2D eigenvalue weighted by Gasteiger charge is -2.17. The van der Waals surface area contributed by atoms with Gasteiger partial charge in [0.2, 0.25) is 0 Å². The van der Waals surface area contributed by atoms with E-state index >= 15 is 0 Å². The van der Waals surface area contributed by atoms with Crippen molar-refractivity contribution >= 4 is 0 Å². The van der Waals surface area contributed by atoms with Crippen molar-refractivity contribution in [2.45, 2.75) is 43.9 Å². The minimum absolute atomic E-state index is 0.0124. The Kier molecular flexibility index (Phi) is 5.63. The first kappa shape index (κ1) is 19.4. The zero-order valence-electron chi connectivity index (χ0n) is 17.1. The third kappa shape index (κ3) is 4.17. The average Bonchev–Trinajstić information content (AvgIpc) is 3.53. The van der Waals surface area contributed by atoms with Crippen LogP contribution in [-0.2, 0) is 29.1 Å². The van der Waals surface area contributed by atoms with E-state index < -0.39 is 0 Å². The molecule has 8 heteroatoms. The third-order valence-electron chi connectivity index (χ3n) is 5.77. The maximum Gasteiger partial charge on any atom is 0.117 e. The average molecular weight is 409 g/mol. The van der Waals surface area contributed by atoms with E-state index in [1.165, 1.54) is 5.56 Å². The van der Waals surface area contributed by atoms with Gasteiger partial charge in [0.25, 0.3) is 0 Å². The van der Waals surface area contributed by atoms with Crippen LogP contribution in [0.4, 0.5) is 0 Å². The molecule has 30 heavy (non-hydrogen) atoms. The maximum absolute atomic E-state index is 6.08. The molecule has 158 valence electrons. The van der Waals surface area contributed by atoms with Crippen LogP contribution in [0.1, 0.15) is 23.1 Å². The molecule has 1 N–H and O–H groups in total. The fraction of sp³-hybridized carbons (Fsp3) is 0.455. The summed E-state index contributed by atoms with van der Waals surface area (Å²) in [6.45, 7) is 3.48. The van der Waals surface area contributed by atoms with Crippen molar-refractivity contribution in [1.29, 1.82) is 0 Å². The molecule has 2 aromatic heterocycles. The van der Waals surface area contributed by atoms with Gasteiger partial charge in [0, 0.05) is 13.1 Å². The van der Waals surface area contributed by atoms with Gasteiger partial charge >= 0.3 is 0 Å². The second-order valence-corrected chi connectivity index (χ2v) is 8.08. The number of benzene rings is 1. The van der Waals surface area contributed by atoms with Crippen molar-refractivity contribution < 1.29 is 13.9 Å². The van der Waals surface area contributed by atoms with Crippen molar-refractivity contribution in [2.75, 3.05) is 20.3 Å². The van der Waals surface area contributed by atoms with Gasteiger partial charge in [-0.3, -0.25) is 4.90 Å². The first-order valence-electron chi connectivity index (χ1n) is 10.4. The standard InChI is InChI=1S/C22H27N5O3/c1-26(11-16-6-3-2-4-7-16)12-17-13-27(25-24-17)20-15-30-21-19(14-29-22(20)21)23-10-18-8-5-9-28-18/h2-9,13,19-23H,10-12,14-15H2,1H3/t19-,20-,21+,22+/m0/s1. The van der Waals surface area contributed by atoms with E-state index in [9.17, 15) is 0 Å². The SMILES string of the molecule is CN(Cc1ccccc1)Cc1cn([C@H]2CO[C@H]3[C@@H]2OC[C@@H]3NCc2ccco2)nn1. The summed E-state index contributed by atoms with van der Waals surface area (Å²) in [6, 6.07) is 14.5. The lowest BCUT2D eigenvalue weighted by molar-refractivity contribution is 0.0619. The number of rotatable bonds is 8. The first-order valence-corrected chi connectivity index (χ1v) is 10.4. The number of hydrogen-bond acceptors (Lipinski definition) is 7. The lowest BCUT2D eigenvalue weighted by atomic mass is 10.1. The molecule has 0 radical (unpaired) electrons. The van der Waals surface area contributed by atoms with Crippen LogP contribution in [0.15, 0.2) is 59.3 Å². The Labute approximate surface area is 175 Å². The van der Waals surface area contributed by atoms with Crippen LogP contribution in [0, 0.1) is 0 Å². The van der Waals surface area contributed by atoms with E-state index in [0.717, 1.165) is 24.5 Å². The highest BCUT2D eigenvalue weighted by Gasteiger charge is 2.48. The Morgan fingerprint density at radius 1 is 1.07 bits per heavy atom. The molecule has 0 amide bonds. The molecule has 0 saturated carbocycles. The molecule has 0 bridgehead atoms. The van der Waals surface area contributed by atoms with E-state index in [-0.39, 0.29) is 24.3 Å². The molecule has 8 nitrogen and oxygen atoms in total. The predicted octanol–water partition coefficient (Wildman–Crippen LogP) is 2.00. The summed E-state index contributed by atoms with van der Waals surface area (Å²) >= 11 is 0. The number of nitrogens with zero attached hydrogens (tertiary/aromatic N) is 4. The molecule has 0 aliphatic carbocycles. The number of aromatic nitrogens is 3. The van der Waals surface area contributed by atoms with E-state index in [2.05, 4.69) is 51.8 Å². The van der Waals surface area contributed by atoms with Gasteiger partial charge in [0.05, 0.1) is 44.0 Å². The predicted molar refractivity (Wildman–Crippen MR) is 109 cm³/mol. The van der Waals surface area contributed by atoms with Gasteiger partial charge in [-0.1, -0.05) is 35.5 Å². The van der Waals surface area contributed by atoms with E-state index in [0.29, 0.717) is 19.8 Å². The van der Waals surface area contributed by atoms with Crippen LogP contribution in [0.2, 0.25) is 0 Å². The Bertz CT molecular complexity index is 929. The molecule has 0 spiro atoms. The van der Waals surface area contributed by atoms with E-state index in [1.807, 2.05) is 29.1 Å². The van der Waals surface area contributed by atoms with Gasteiger partial charge in [0.15, 0.2) is 0 Å². The van der Waals surface area contributed by atoms with Crippen LogP contribution < -0.4 is 5.32 Å². The van der Waals surface area contributed by atoms with Crippen molar-refractivity contribution in [2.24, 2.45) is 0 Å². The van der Waals surface area contributed by atoms with E-state index in [4.69, 9.17) is 13.9 Å². The molecule has 1 aromatic carbocycles. The summed E-state index contributed by atoms with van der Waals surface area (Å²) in [4.78, 5) is 2.23. The second-order valence-electron chi connectivity index (χ2n) is 8.08. The zero-order valence-corrected chi connectivity index (χ0v) is 17.1. The monoisotopic (exact) mass is 409 g/mol. The molecule has 5 rings (SSSR count). The largest absolute Gasteiger partial charge is 0.468 e. The fourth-order valence-electron chi connectivity index (χ4n) is 4.30. The number of ether oxygens (including phenoxy) is 2. The molecular formula is C22H27N5O3. The number of nitrogens with one attached hydrogen (secondary N) is 1. The summed E-state index contributed by atoms with van der Waals surface area (Å²) in [5, 5.41) is 12.2. The summed E-state index contributed by atoms with van der Waals surface area (Å²) in [5.41, 5.74) is 2.23. The normalized spacial score (nSPS) is 25.8. The minimum atomic E-state index is -0.0179. The van der Waals surface area contributed by atoms with Crippen molar-refractivity contribution in [3.63, 3.8) is 0 Å². The smallest absolute Gasteiger partial charge is 0.117 e. The van der Waals surface area contributed by atoms with Gasteiger partial charge in [-0.05, 0) is 24.7 Å². The lowest BCUT2D eigenvalue weighted by Crippen LogP contribution is -2.40. The van der Waals surface area contributed by atoms with Crippen LogP contribution in [-0.4, -0.2) is 58.4 Å². The maximum atomic E-state index is 6.08. The van der Waals surface area contributed by atoms with Crippen molar-refractivity contribution in [3.05, 3.63) is 71.9 Å². The summed E-state index contributed by atoms with van der Waals surface area (Å²) in [7, 11) is 2.09. The van der Waals surface area contributed by atoms with Gasteiger partial charge in [-0.25, -0.2) is 4.68 Å². The summed E-state index contributed by atoms with van der Waals surface area (Å²) < 4.78 is 19.5. The van der Waals surface area contributed by atoms with E-state index in [1.54, 1.807) is 6.26 Å². The summed E-state index contributed by atoms with van der Waals surface area (Å²) in [6.07, 6.45) is 3.70. The van der Waals surface area contributed by atoms with Crippen molar-refractivity contribution in [1.82, 2.24) is 25.2 Å². The van der Waals surface area contributed by atoms with Gasteiger partial charge in [0.1, 0.15) is 24.0 Å². The van der Waals surface area contributed by atoms with Crippen LogP contribution in [0.5, 0.6) is 0 Å². The fourth-order valence-corrected chi connectivity index (χ4v) is 4.30. The highest BCUT2D eigenvalue weighted by Crippen LogP contribution is 2.34. The molecule has 2 aliphatic heterocycles. The molecule has 4 heterocycles. The van der Waals surface area contributed by atoms with Crippen LogP contribution in [0.25, 0.3) is 0 Å². The molecule has 2 saturated heterocycles. The molecule has 3 aromatic rings. The topological polar surface area (TPSA) is 77.6 Å². The Balaban J connectivity index is 1.17. The zero-order chi connectivity index (χ0) is 20.3. The second kappa shape index (κ2) is 8.69. The Morgan fingerprint density at radius 2 is 1.93 bits per heavy atom. The highest BCUT2D eigenvalue weighted by atomic mass is 16.6. The van der Waals surface area contributed by atoms with Gasteiger partial charge < -0.3 is 19.2 Å². The molecule has 0 unspecified atom stereocenters. The molecule has 2 aliphatic rings. The minimum Gasteiger partial charge on any atom is -0.468 e. The first-order chi connectivity index (χ1) is 14.8. The Morgan fingerprint density at radius 3 is 2.77 bits per heavy atom. The number of furan rings is 1. The van der Waals surface area contributed by atoms with Crippen molar-refractivity contribution in [3.8, 4) is 0 Å². The third-order valence-corrected chi connectivity index (χ3v) is 5.77. The number of fused-ring (bicyclic) bond motifs is 1. The van der Waals surface area contributed by atoms with Gasteiger partial charge in [-0.15, -0.1) is 5.10 Å². The van der Waals surface area contributed by atoms with Crippen LogP contribution >= 0.6 is 0 Å². The summed E-state index contributed by atoms with van der Waals surface area (Å²) in [5.74, 6) is 0.911. The Hall–Kier alpha value is -2.52. The highest BCUT2D eigenvalue weighted by molar-refractivity contribution is 5.14. The van der Waals surface area contributed by atoms with Gasteiger partial charge in [-0.2, -0.15) is 0 Å². The molecule has 2 fully saturated rings. The molecular weight excluding hydrogens is 382 g/mol.